The van der Waals surface area contributed by atoms with E-state index < -0.39 is 17.1 Å². The fourth-order valence-electron chi connectivity index (χ4n) is 3.26. The number of carbonyl (C=O) groups excluding carboxylic acids is 1. The van der Waals surface area contributed by atoms with Crippen molar-refractivity contribution in [1.82, 2.24) is 0 Å². The van der Waals surface area contributed by atoms with Crippen molar-refractivity contribution in [3.8, 4) is 0 Å². The van der Waals surface area contributed by atoms with Gasteiger partial charge in [0.25, 0.3) is 0 Å². The van der Waals surface area contributed by atoms with Crippen molar-refractivity contribution in [3.05, 3.63) is 11.3 Å². The number of aliphatic hydroxyl groups is 1. The van der Waals surface area contributed by atoms with Gasteiger partial charge in [-0.25, -0.2) is 4.79 Å². The van der Waals surface area contributed by atoms with Gasteiger partial charge in [-0.2, -0.15) is 0 Å². The molecule has 0 radical (unpaired) electrons. The largest absolute Gasteiger partial charge is 0.502 e. The van der Waals surface area contributed by atoms with Crippen molar-refractivity contribution in [2.24, 2.45) is 16.7 Å². The average Bonchev–Trinajstić information content (AvgIpc) is 2.48. The maximum absolute atomic E-state index is 12.2. The summed E-state index contributed by atoms with van der Waals surface area (Å²) >= 11 is 0. The first-order chi connectivity index (χ1) is 7.23. The first-order valence-electron chi connectivity index (χ1n) is 5.44. The molecule has 2 fully saturated rings. The lowest BCUT2D eigenvalue weighted by Crippen LogP contribution is -2.32. The molecule has 16 heavy (non-hydrogen) atoms. The Balaban J connectivity index is 2.61. The molecule has 0 unspecified atom stereocenters. The number of carboxylic acid groups (broad SMARTS) is 1. The summed E-state index contributed by atoms with van der Waals surface area (Å²) in [5.41, 5.74) is -0.648. The summed E-state index contributed by atoms with van der Waals surface area (Å²) in [6.45, 7) is 5.83. The quantitative estimate of drug-likeness (QED) is 0.527. The van der Waals surface area contributed by atoms with E-state index in [1.165, 1.54) is 0 Å². The summed E-state index contributed by atoms with van der Waals surface area (Å²) in [6, 6.07) is 0. The fourth-order valence-corrected chi connectivity index (χ4v) is 3.26. The highest BCUT2D eigenvalue weighted by Gasteiger charge is 2.65. The molecular weight excluding hydrogens is 208 g/mol. The molecule has 0 amide bonds. The number of allylic oxidation sites excluding steroid dienone is 1. The number of aliphatic carboxylic acids is 1. The van der Waals surface area contributed by atoms with Gasteiger partial charge >= 0.3 is 5.97 Å². The monoisotopic (exact) mass is 224 g/mol. The van der Waals surface area contributed by atoms with Gasteiger partial charge in [0.05, 0.1) is 0 Å². The minimum absolute atomic E-state index is 0.124. The molecule has 4 nitrogen and oxygen atoms in total. The first-order valence-corrected chi connectivity index (χ1v) is 5.44. The highest BCUT2D eigenvalue weighted by Crippen LogP contribution is 2.65. The average molecular weight is 224 g/mol. The molecule has 0 heterocycles. The van der Waals surface area contributed by atoms with Gasteiger partial charge in [0.2, 0.25) is 5.76 Å². The molecule has 0 spiro atoms. The number of Topliss-reactive ketones (excluding diaryl/α,β-unsaturated/α-hetero) is 1. The zero-order valence-electron chi connectivity index (χ0n) is 9.70. The van der Waals surface area contributed by atoms with Crippen molar-refractivity contribution in [2.45, 2.75) is 33.6 Å². The lowest BCUT2D eigenvalue weighted by molar-refractivity contribution is -0.136. The number of carbonyl (C=O) groups is 2. The summed E-state index contributed by atoms with van der Waals surface area (Å²) in [7, 11) is 0. The lowest BCUT2D eigenvalue weighted by Gasteiger charge is -2.31. The number of rotatable bonds is 1. The molecule has 2 aliphatic carbocycles. The molecule has 2 saturated carbocycles. The molecule has 0 saturated heterocycles. The van der Waals surface area contributed by atoms with Crippen LogP contribution in [0.2, 0.25) is 0 Å². The minimum Gasteiger partial charge on any atom is -0.502 e. The molecule has 2 aliphatic rings. The van der Waals surface area contributed by atoms with Crippen molar-refractivity contribution >= 4 is 11.8 Å². The van der Waals surface area contributed by atoms with E-state index in [4.69, 9.17) is 5.11 Å². The predicted molar refractivity (Wildman–Crippen MR) is 56.9 cm³/mol. The Morgan fingerprint density at radius 2 is 1.88 bits per heavy atom. The normalized spacial score (nSPS) is 38.9. The highest BCUT2D eigenvalue weighted by molar-refractivity contribution is 6.09. The number of ketones is 1. The van der Waals surface area contributed by atoms with Gasteiger partial charge in [-0.15, -0.1) is 0 Å². The minimum atomic E-state index is -1.41. The van der Waals surface area contributed by atoms with E-state index >= 15 is 0 Å². The number of hydrogen-bond acceptors (Lipinski definition) is 3. The molecule has 0 aromatic heterocycles. The number of hydrogen-bond donors (Lipinski definition) is 2. The van der Waals surface area contributed by atoms with Crippen LogP contribution in [0.25, 0.3) is 0 Å². The Bertz CT molecular complexity index is 419. The van der Waals surface area contributed by atoms with Gasteiger partial charge in [-0.05, 0) is 24.2 Å². The van der Waals surface area contributed by atoms with Crippen LogP contribution in [0.4, 0.5) is 0 Å². The van der Waals surface area contributed by atoms with Crippen LogP contribution in [-0.4, -0.2) is 22.0 Å². The Morgan fingerprint density at radius 3 is 2.25 bits per heavy atom. The smallest absolute Gasteiger partial charge is 0.371 e. The Morgan fingerprint density at radius 1 is 1.31 bits per heavy atom. The van der Waals surface area contributed by atoms with Crippen LogP contribution in [0.1, 0.15) is 33.6 Å². The molecule has 2 N–H and O–H groups in total. The fraction of sp³-hybridized carbons (Fsp3) is 0.667. The van der Waals surface area contributed by atoms with E-state index in [1.54, 1.807) is 0 Å². The number of fused-ring (bicyclic) bond motifs is 2. The summed E-state index contributed by atoms with van der Waals surface area (Å²) in [6.07, 6.45) is 1.56. The van der Waals surface area contributed by atoms with Crippen LogP contribution >= 0.6 is 0 Å². The molecule has 0 aliphatic heterocycles. The number of carboxylic acids is 1. The maximum Gasteiger partial charge on any atom is 0.371 e. The number of aliphatic hydroxyl groups excluding tert-OH is 1. The van der Waals surface area contributed by atoms with Crippen molar-refractivity contribution in [3.63, 3.8) is 0 Å². The Kier molecular flexibility index (Phi) is 2.00. The highest BCUT2D eigenvalue weighted by atomic mass is 16.4. The SMILES string of the molecule is CC1(C)[C@H]2CC[C@]1(C)C(=O)/C2=C(\O)C(=O)O. The van der Waals surface area contributed by atoms with Crippen molar-refractivity contribution in [2.75, 3.05) is 0 Å². The molecule has 0 aromatic carbocycles. The van der Waals surface area contributed by atoms with Crippen LogP contribution in [-0.2, 0) is 9.59 Å². The molecule has 0 aromatic rings. The Hall–Kier alpha value is -1.32. The summed E-state index contributed by atoms with van der Waals surface area (Å²) in [5, 5.41) is 18.3. The van der Waals surface area contributed by atoms with Gasteiger partial charge in [0, 0.05) is 11.0 Å². The van der Waals surface area contributed by atoms with Gasteiger partial charge in [-0.1, -0.05) is 20.8 Å². The molecule has 88 valence electrons. The third-order valence-electron chi connectivity index (χ3n) is 4.78. The second-order valence-corrected chi connectivity index (χ2v) is 5.54. The lowest BCUT2D eigenvalue weighted by atomic mass is 9.70. The maximum atomic E-state index is 12.2. The molecule has 2 atom stereocenters. The standard InChI is InChI=1S/C12H16O4/c1-11(2)6-4-5-12(11,3)9(14)7(6)8(13)10(15)16/h6,13H,4-5H2,1-3H3,(H,15,16)/b8-7-/t6-,12+/m0/s1. The first kappa shape index (κ1) is 11.2. The van der Waals surface area contributed by atoms with Gasteiger partial charge in [0.15, 0.2) is 5.78 Å². The summed E-state index contributed by atoms with van der Waals surface area (Å²) in [5.74, 6) is -2.48. The van der Waals surface area contributed by atoms with E-state index in [2.05, 4.69) is 0 Å². The van der Waals surface area contributed by atoms with E-state index in [-0.39, 0.29) is 22.7 Å². The van der Waals surface area contributed by atoms with Crippen LogP contribution < -0.4 is 0 Å². The van der Waals surface area contributed by atoms with Crippen molar-refractivity contribution in [1.29, 1.82) is 0 Å². The molecule has 2 bridgehead atoms. The second kappa shape index (κ2) is 2.87. The van der Waals surface area contributed by atoms with Crippen LogP contribution in [0.5, 0.6) is 0 Å². The van der Waals surface area contributed by atoms with E-state index in [0.29, 0.717) is 0 Å². The van der Waals surface area contributed by atoms with E-state index in [1.807, 2.05) is 20.8 Å². The predicted octanol–water partition coefficient (Wildman–Crippen LogP) is 1.91. The third kappa shape index (κ3) is 0.996. The molecular formula is C12H16O4. The third-order valence-corrected chi connectivity index (χ3v) is 4.78. The summed E-state index contributed by atoms with van der Waals surface area (Å²) < 4.78 is 0. The summed E-state index contributed by atoms with van der Waals surface area (Å²) in [4.78, 5) is 22.9. The molecule has 4 heteroatoms. The zero-order chi connectivity index (χ0) is 12.3. The van der Waals surface area contributed by atoms with Crippen LogP contribution in [0, 0.1) is 16.7 Å². The van der Waals surface area contributed by atoms with Crippen molar-refractivity contribution < 1.29 is 19.8 Å². The van der Waals surface area contributed by atoms with Gasteiger partial charge in [-0.3, -0.25) is 4.79 Å². The van der Waals surface area contributed by atoms with Crippen LogP contribution in [0.3, 0.4) is 0 Å². The Labute approximate surface area is 94.0 Å². The van der Waals surface area contributed by atoms with Gasteiger partial charge < -0.3 is 10.2 Å². The second-order valence-electron chi connectivity index (χ2n) is 5.54. The molecule has 2 rings (SSSR count). The van der Waals surface area contributed by atoms with E-state index in [9.17, 15) is 14.7 Å². The zero-order valence-corrected chi connectivity index (χ0v) is 9.70. The van der Waals surface area contributed by atoms with Gasteiger partial charge in [0.1, 0.15) is 0 Å². The van der Waals surface area contributed by atoms with Crippen LogP contribution in [0.15, 0.2) is 11.3 Å². The van der Waals surface area contributed by atoms with E-state index in [0.717, 1.165) is 12.8 Å². The topological polar surface area (TPSA) is 74.6 Å².